The lowest BCUT2D eigenvalue weighted by atomic mass is 10.1. The third kappa shape index (κ3) is 2.48. The highest BCUT2D eigenvalue weighted by molar-refractivity contribution is 6.31. The lowest BCUT2D eigenvalue weighted by Crippen LogP contribution is -2.12. The molecule has 96 valence electrons. The van der Waals surface area contributed by atoms with Gasteiger partial charge in [-0.3, -0.25) is 0 Å². The van der Waals surface area contributed by atoms with Gasteiger partial charge in [-0.1, -0.05) is 17.7 Å². The Balaban J connectivity index is 2.36. The zero-order valence-corrected chi connectivity index (χ0v) is 10.1. The van der Waals surface area contributed by atoms with E-state index in [1.807, 2.05) is 0 Å². The molecule has 0 fully saturated rings. The quantitative estimate of drug-likeness (QED) is 0.839. The Morgan fingerprint density at radius 3 is 2.33 bits per heavy atom. The van der Waals surface area contributed by atoms with Crippen LogP contribution in [-0.4, -0.2) is 15.0 Å². The predicted molar refractivity (Wildman–Crippen MR) is 60.3 cm³/mol. The molecule has 1 aromatic carbocycles. The lowest BCUT2D eigenvalue weighted by Gasteiger charge is -2.14. The molecule has 0 radical (unpaired) electrons. The summed E-state index contributed by atoms with van der Waals surface area (Å²) in [5.74, 6) is 0. The Hall–Kier alpha value is -1.56. The van der Waals surface area contributed by atoms with Crippen LogP contribution in [-0.2, 0) is 6.18 Å². The molecule has 1 heterocycles. The summed E-state index contributed by atoms with van der Waals surface area (Å²) in [6, 6.07) is 2.94. The van der Waals surface area contributed by atoms with Crippen molar-refractivity contribution < 1.29 is 13.2 Å². The summed E-state index contributed by atoms with van der Waals surface area (Å²) in [7, 11) is 0. The zero-order chi connectivity index (χ0) is 13.3. The topological polar surface area (TPSA) is 30.7 Å². The number of benzene rings is 1. The molecule has 0 aliphatic rings. The molecule has 0 aliphatic heterocycles. The van der Waals surface area contributed by atoms with Crippen LogP contribution >= 0.6 is 11.6 Å². The first-order valence-electron chi connectivity index (χ1n) is 5.12. The van der Waals surface area contributed by atoms with Gasteiger partial charge in [0.2, 0.25) is 0 Å². The average molecular weight is 276 g/mol. The minimum Gasteiger partial charge on any atom is -0.178 e. The lowest BCUT2D eigenvalue weighted by molar-refractivity contribution is -0.137. The van der Waals surface area contributed by atoms with Crippen molar-refractivity contribution in [1.82, 2.24) is 15.0 Å². The standard InChI is InChI=1S/C11H9ClF3N3/c1-7(18-16-4-5-17-18)9-3-2-8(6-10(9)12)11(13,14)15/h2-7H,1H3. The van der Waals surface area contributed by atoms with Crippen molar-refractivity contribution in [3.63, 3.8) is 0 Å². The van der Waals surface area contributed by atoms with Crippen molar-refractivity contribution in [2.24, 2.45) is 0 Å². The van der Waals surface area contributed by atoms with Crippen molar-refractivity contribution in [2.45, 2.75) is 19.1 Å². The van der Waals surface area contributed by atoms with E-state index in [-0.39, 0.29) is 11.1 Å². The highest BCUT2D eigenvalue weighted by atomic mass is 35.5. The third-order valence-corrected chi connectivity index (χ3v) is 2.89. The SMILES string of the molecule is CC(c1ccc(C(F)(F)F)cc1Cl)n1nccn1. The van der Waals surface area contributed by atoms with E-state index >= 15 is 0 Å². The first kappa shape index (κ1) is 12.9. The van der Waals surface area contributed by atoms with Gasteiger partial charge in [-0.15, -0.1) is 0 Å². The minimum absolute atomic E-state index is 0.0506. The van der Waals surface area contributed by atoms with Gasteiger partial charge in [-0.05, 0) is 24.6 Å². The van der Waals surface area contributed by atoms with Gasteiger partial charge in [0, 0.05) is 5.02 Å². The van der Waals surface area contributed by atoms with Gasteiger partial charge in [-0.25, -0.2) is 0 Å². The predicted octanol–water partition coefficient (Wildman–Crippen LogP) is 3.56. The Morgan fingerprint density at radius 1 is 1.22 bits per heavy atom. The van der Waals surface area contributed by atoms with Crippen LogP contribution in [0.1, 0.15) is 24.1 Å². The Labute approximate surface area is 106 Å². The normalized spacial score (nSPS) is 13.6. The van der Waals surface area contributed by atoms with Crippen LogP contribution in [0.3, 0.4) is 0 Å². The minimum atomic E-state index is -4.39. The average Bonchev–Trinajstić information content (AvgIpc) is 2.80. The van der Waals surface area contributed by atoms with Crippen molar-refractivity contribution in [3.8, 4) is 0 Å². The van der Waals surface area contributed by atoms with Crippen molar-refractivity contribution in [2.75, 3.05) is 0 Å². The van der Waals surface area contributed by atoms with Crippen LogP contribution in [0.25, 0.3) is 0 Å². The molecule has 2 aromatic rings. The van der Waals surface area contributed by atoms with Crippen LogP contribution in [0.15, 0.2) is 30.6 Å². The fourth-order valence-corrected chi connectivity index (χ4v) is 1.93. The van der Waals surface area contributed by atoms with E-state index in [1.54, 1.807) is 6.92 Å². The molecule has 0 saturated carbocycles. The summed E-state index contributed by atoms with van der Waals surface area (Å²) in [6.45, 7) is 1.76. The summed E-state index contributed by atoms with van der Waals surface area (Å²) in [5, 5.41) is 7.91. The number of aromatic nitrogens is 3. The molecule has 0 saturated heterocycles. The molecule has 0 N–H and O–H groups in total. The number of hydrogen-bond donors (Lipinski definition) is 0. The summed E-state index contributed by atoms with van der Waals surface area (Å²) >= 11 is 5.88. The Kier molecular flexibility index (Phi) is 3.30. The van der Waals surface area contributed by atoms with E-state index in [0.29, 0.717) is 5.56 Å². The molecule has 2 rings (SSSR count). The highest BCUT2D eigenvalue weighted by Crippen LogP contribution is 2.34. The third-order valence-electron chi connectivity index (χ3n) is 2.56. The molecule has 0 spiro atoms. The molecule has 1 aromatic heterocycles. The maximum atomic E-state index is 12.5. The van der Waals surface area contributed by atoms with Crippen molar-refractivity contribution in [1.29, 1.82) is 0 Å². The number of rotatable bonds is 2. The van der Waals surface area contributed by atoms with Gasteiger partial charge >= 0.3 is 6.18 Å². The van der Waals surface area contributed by atoms with Crippen LogP contribution in [0.2, 0.25) is 5.02 Å². The molecule has 18 heavy (non-hydrogen) atoms. The molecule has 1 unspecified atom stereocenters. The maximum absolute atomic E-state index is 12.5. The molecule has 0 amide bonds. The maximum Gasteiger partial charge on any atom is 0.416 e. The van der Waals surface area contributed by atoms with Crippen LogP contribution in [0.5, 0.6) is 0 Å². The Morgan fingerprint density at radius 2 is 1.83 bits per heavy atom. The van der Waals surface area contributed by atoms with Crippen LogP contribution < -0.4 is 0 Å². The fourth-order valence-electron chi connectivity index (χ4n) is 1.59. The van der Waals surface area contributed by atoms with Gasteiger partial charge in [0.1, 0.15) is 0 Å². The molecule has 7 heteroatoms. The van der Waals surface area contributed by atoms with E-state index in [9.17, 15) is 13.2 Å². The zero-order valence-electron chi connectivity index (χ0n) is 9.32. The second-order valence-corrected chi connectivity index (χ2v) is 4.17. The van der Waals surface area contributed by atoms with E-state index in [2.05, 4.69) is 10.2 Å². The van der Waals surface area contributed by atoms with Gasteiger partial charge in [0.05, 0.1) is 24.0 Å². The van der Waals surface area contributed by atoms with Crippen LogP contribution in [0, 0.1) is 0 Å². The second-order valence-electron chi connectivity index (χ2n) is 3.76. The molecule has 0 aliphatic carbocycles. The first-order chi connectivity index (χ1) is 8.39. The number of halogens is 4. The smallest absolute Gasteiger partial charge is 0.178 e. The molecular weight excluding hydrogens is 267 g/mol. The van der Waals surface area contributed by atoms with Gasteiger partial charge in [0.15, 0.2) is 0 Å². The number of hydrogen-bond acceptors (Lipinski definition) is 2. The van der Waals surface area contributed by atoms with Gasteiger partial charge in [0.25, 0.3) is 0 Å². The van der Waals surface area contributed by atoms with E-state index in [1.165, 1.54) is 23.3 Å². The van der Waals surface area contributed by atoms with E-state index in [0.717, 1.165) is 12.1 Å². The van der Waals surface area contributed by atoms with Crippen molar-refractivity contribution >= 4 is 11.6 Å². The second kappa shape index (κ2) is 4.61. The van der Waals surface area contributed by atoms with Gasteiger partial charge < -0.3 is 0 Å². The van der Waals surface area contributed by atoms with E-state index in [4.69, 9.17) is 11.6 Å². The Bertz CT molecular complexity index is 537. The largest absolute Gasteiger partial charge is 0.416 e. The highest BCUT2D eigenvalue weighted by Gasteiger charge is 2.31. The van der Waals surface area contributed by atoms with E-state index < -0.39 is 11.7 Å². The summed E-state index contributed by atoms with van der Waals surface area (Å²) in [6.07, 6.45) is -1.40. The van der Waals surface area contributed by atoms with Crippen molar-refractivity contribution in [3.05, 3.63) is 46.7 Å². The monoisotopic (exact) mass is 275 g/mol. The van der Waals surface area contributed by atoms with Crippen LogP contribution in [0.4, 0.5) is 13.2 Å². The number of nitrogens with zero attached hydrogens (tertiary/aromatic N) is 3. The summed E-state index contributed by atoms with van der Waals surface area (Å²) in [4.78, 5) is 1.38. The molecule has 1 atom stereocenters. The van der Waals surface area contributed by atoms with Gasteiger partial charge in [-0.2, -0.15) is 28.2 Å². The first-order valence-corrected chi connectivity index (χ1v) is 5.50. The summed E-state index contributed by atoms with van der Waals surface area (Å²) in [5.41, 5.74) is -0.224. The number of alkyl halides is 3. The fraction of sp³-hybridized carbons (Fsp3) is 0.273. The molecule has 0 bridgehead atoms. The molecular formula is C11H9ClF3N3. The summed E-state index contributed by atoms with van der Waals surface area (Å²) < 4.78 is 37.5. The molecule has 3 nitrogen and oxygen atoms in total.